The average Bonchev–Trinajstić information content (AvgIpc) is 2.54. The van der Waals surface area contributed by atoms with Gasteiger partial charge in [-0.2, -0.15) is 0 Å². The molecule has 0 radical (unpaired) electrons. The van der Waals surface area contributed by atoms with Crippen molar-refractivity contribution in [3.63, 3.8) is 0 Å². The van der Waals surface area contributed by atoms with Gasteiger partial charge < -0.3 is 5.32 Å². The van der Waals surface area contributed by atoms with Crippen molar-refractivity contribution < 1.29 is 4.92 Å². The zero-order valence-electron chi connectivity index (χ0n) is 12.4. The van der Waals surface area contributed by atoms with E-state index in [1.165, 1.54) is 12.1 Å². The Labute approximate surface area is 138 Å². The summed E-state index contributed by atoms with van der Waals surface area (Å²) in [4.78, 5) is 14.7. The molecule has 0 aliphatic rings. The van der Waals surface area contributed by atoms with Crippen molar-refractivity contribution in [1.29, 1.82) is 0 Å². The van der Waals surface area contributed by atoms with Gasteiger partial charge in [0.1, 0.15) is 0 Å². The van der Waals surface area contributed by atoms with Crippen LogP contribution in [-0.4, -0.2) is 15.4 Å². The number of hydrogen-bond donors (Lipinski definition) is 1. The zero-order valence-corrected chi connectivity index (χ0v) is 13.1. The number of non-ortho nitro benzene ring substituents is 1. The van der Waals surface area contributed by atoms with Gasteiger partial charge in [0.15, 0.2) is 0 Å². The smallest absolute Gasteiger partial charge is 0.269 e. The molecular formula is C17H14ClN3O2. The predicted molar refractivity (Wildman–Crippen MR) is 92.8 cm³/mol. The fraction of sp³-hybridized carbons (Fsp3) is 0.118. The standard InChI is InChI=1S/C17H14ClN3O2/c1-11(18)20-13-4-7-17-16(10-13)15(8-9-19-17)12-2-5-14(6-3-12)21(22)23/h2-11,20H,1H3. The molecule has 0 saturated carbocycles. The second-order valence-corrected chi connectivity index (χ2v) is 5.81. The largest absolute Gasteiger partial charge is 0.369 e. The summed E-state index contributed by atoms with van der Waals surface area (Å²) >= 11 is 5.98. The minimum Gasteiger partial charge on any atom is -0.369 e. The Kier molecular flexibility index (Phi) is 4.12. The summed E-state index contributed by atoms with van der Waals surface area (Å²) in [5, 5.41) is 14.9. The molecular weight excluding hydrogens is 314 g/mol. The lowest BCUT2D eigenvalue weighted by Crippen LogP contribution is -2.06. The predicted octanol–water partition coefficient (Wildman–Crippen LogP) is 4.81. The van der Waals surface area contributed by atoms with E-state index in [9.17, 15) is 10.1 Å². The van der Waals surface area contributed by atoms with Crippen molar-refractivity contribution in [3.05, 3.63) is 64.8 Å². The second-order valence-electron chi connectivity index (χ2n) is 5.15. The van der Waals surface area contributed by atoms with Gasteiger partial charge in [-0.1, -0.05) is 11.6 Å². The lowest BCUT2D eigenvalue weighted by atomic mass is 10.0. The minimum absolute atomic E-state index is 0.0745. The van der Waals surface area contributed by atoms with Crippen LogP contribution in [0.5, 0.6) is 0 Å². The van der Waals surface area contributed by atoms with Crippen LogP contribution in [0.15, 0.2) is 54.7 Å². The van der Waals surface area contributed by atoms with Crippen LogP contribution < -0.4 is 5.32 Å². The van der Waals surface area contributed by atoms with Crippen molar-refractivity contribution in [1.82, 2.24) is 4.98 Å². The maximum atomic E-state index is 10.8. The van der Waals surface area contributed by atoms with E-state index >= 15 is 0 Å². The summed E-state index contributed by atoms with van der Waals surface area (Å²) in [6, 6.07) is 14.2. The third kappa shape index (κ3) is 3.24. The summed E-state index contributed by atoms with van der Waals surface area (Å²) in [7, 11) is 0. The number of halogens is 1. The van der Waals surface area contributed by atoms with Gasteiger partial charge in [0.25, 0.3) is 5.69 Å². The molecule has 23 heavy (non-hydrogen) atoms. The Hall–Kier alpha value is -2.66. The first kappa shape index (κ1) is 15.2. The molecule has 0 bridgehead atoms. The summed E-state index contributed by atoms with van der Waals surface area (Å²) in [6.45, 7) is 1.85. The fourth-order valence-corrected chi connectivity index (χ4v) is 2.61. The highest BCUT2D eigenvalue weighted by Crippen LogP contribution is 2.30. The Morgan fingerprint density at radius 2 is 1.91 bits per heavy atom. The van der Waals surface area contributed by atoms with Crippen LogP contribution in [0.4, 0.5) is 11.4 Å². The van der Waals surface area contributed by atoms with Crippen LogP contribution in [0, 0.1) is 10.1 Å². The molecule has 1 atom stereocenters. The molecule has 1 N–H and O–H groups in total. The van der Waals surface area contributed by atoms with Crippen LogP contribution in [0.25, 0.3) is 22.0 Å². The van der Waals surface area contributed by atoms with Gasteiger partial charge in [0.2, 0.25) is 0 Å². The first-order valence-corrected chi connectivity index (χ1v) is 7.52. The number of aromatic nitrogens is 1. The van der Waals surface area contributed by atoms with Crippen LogP contribution in [0.2, 0.25) is 0 Å². The molecule has 0 saturated heterocycles. The van der Waals surface area contributed by atoms with E-state index < -0.39 is 4.92 Å². The highest BCUT2D eigenvalue weighted by atomic mass is 35.5. The lowest BCUT2D eigenvalue weighted by Gasteiger charge is -2.11. The van der Waals surface area contributed by atoms with Crippen LogP contribution in [0.1, 0.15) is 6.92 Å². The van der Waals surface area contributed by atoms with E-state index in [2.05, 4.69) is 10.3 Å². The van der Waals surface area contributed by atoms with Gasteiger partial charge in [-0.15, -0.1) is 0 Å². The molecule has 2 aromatic carbocycles. The van der Waals surface area contributed by atoms with E-state index in [0.717, 1.165) is 27.7 Å². The number of pyridine rings is 1. The molecule has 116 valence electrons. The van der Waals surface area contributed by atoms with Crippen LogP contribution in [-0.2, 0) is 0 Å². The summed E-state index contributed by atoms with van der Waals surface area (Å²) in [6.07, 6.45) is 1.73. The summed E-state index contributed by atoms with van der Waals surface area (Å²) in [5.41, 5.74) is 3.51. The van der Waals surface area contributed by atoms with Crippen molar-refractivity contribution >= 4 is 33.9 Å². The maximum Gasteiger partial charge on any atom is 0.269 e. The van der Waals surface area contributed by atoms with Gasteiger partial charge in [0, 0.05) is 29.4 Å². The Morgan fingerprint density at radius 1 is 1.17 bits per heavy atom. The molecule has 1 heterocycles. The quantitative estimate of drug-likeness (QED) is 0.323. The SMILES string of the molecule is CC(Cl)Nc1ccc2nccc(-c3ccc([N+](=O)[O-])cc3)c2c1. The maximum absolute atomic E-state index is 10.8. The normalized spacial score (nSPS) is 12.1. The molecule has 0 amide bonds. The minimum atomic E-state index is -0.404. The van der Waals surface area contributed by atoms with Gasteiger partial charge in [0.05, 0.1) is 15.9 Å². The van der Waals surface area contributed by atoms with Crippen LogP contribution in [0.3, 0.4) is 0 Å². The van der Waals surface area contributed by atoms with E-state index in [1.54, 1.807) is 18.3 Å². The van der Waals surface area contributed by atoms with E-state index in [-0.39, 0.29) is 11.2 Å². The highest BCUT2D eigenvalue weighted by Gasteiger charge is 2.09. The van der Waals surface area contributed by atoms with Gasteiger partial charge in [-0.3, -0.25) is 15.1 Å². The monoisotopic (exact) mass is 327 g/mol. The number of nitrogens with one attached hydrogen (secondary N) is 1. The summed E-state index contributed by atoms with van der Waals surface area (Å²) in [5.74, 6) is 0. The topological polar surface area (TPSA) is 68.1 Å². The third-order valence-electron chi connectivity index (χ3n) is 3.50. The zero-order chi connectivity index (χ0) is 16.4. The van der Waals surface area contributed by atoms with Crippen molar-refractivity contribution in [3.8, 4) is 11.1 Å². The molecule has 3 rings (SSSR count). The first-order chi connectivity index (χ1) is 11.0. The van der Waals surface area contributed by atoms with E-state index in [1.807, 2.05) is 31.2 Å². The van der Waals surface area contributed by atoms with Gasteiger partial charge in [-0.25, -0.2) is 0 Å². The summed E-state index contributed by atoms with van der Waals surface area (Å²) < 4.78 is 0. The second kappa shape index (κ2) is 6.22. The number of anilines is 1. The number of hydrogen-bond acceptors (Lipinski definition) is 4. The molecule has 0 aliphatic carbocycles. The Balaban J connectivity index is 2.10. The van der Waals surface area contributed by atoms with Crippen molar-refractivity contribution in [2.45, 2.75) is 12.4 Å². The molecule has 0 aliphatic heterocycles. The molecule has 5 nitrogen and oxygen atoms in total. The molecule has 1 aromatic heterocycles. The molecule has 1 unspecified atom stereocenters. The molecule has 3 aromatic rings. The van der Waals surface area contributed by atoms with Gasteiger partial charge in [-0.05, 0) is 54.4 Å². The highest BCUT2D eigenvalue weighted by molar-refractivity contribution is 6.21. The third-order valence-corrected chi connectivity index (χ3v) is 3.61. The number of nitro benzene ring substituents is 1. The number of nitro groups is 1. The molecule has 0 spiro atoms. The Bertz CT molecular complexity index is 863. The van der Waals surface area contributed by atoms with Crippen molar-refractivity contribution in [2.75, 3.05) is 5.32 Å². The average molecular weight is 328 g/mol. The first-order valence-electron chi connectivity index (χ1n) is 7.09. The number of fused-ring (bicyclic) bond motifs is 1. The number of alkyl halides is 1. The molecule has 6 heteroatoms. The number of rotatable bonds is 4. The number of benzene rings is 2. The van der Waals surface area contributed by atoms with Crippen molar-refractivity contribution in [2.24, 2.45) is 0 Å². The Morgan fingerprint density at radius 3 is 2.57 bits per heavy atom. The van der Waals surface area contributed by atoms with Gasteiger partial charge >= 0.3 is 0 Å². The van der Waals surface area contributed by atoms with E-state index in [4.69, 9.17) is 11.6 Å². The lowest BCUT2D eigenvalue weighted by molar-refractivity contribution is -0.384. The number of nitrogens with zero attached hydrogens (tertiary/aromatic N) is 2. The fourth-order valence-electron chi connectivity index (χ4n) is 2.48. The van der Waals surface area contributed by atoms with Crippen LogP contribution >= 0.6 is 11.6 Å². The molecule has 0 fully saturated rings. The van der Waals surface area contributed by atoms with E-state index in [0.29, 0.717) is 0 Å².